The molecule has 5 nitrogen and oxygen atoms in total. The van der Waals surface area contributed by atoms with Crippen LogP contribution in [0.15, 0.2) is 36.5 Å². The summed E-state index contributed by atoms with van der Waals surface area (Å²) in [6.45, 7) is 1.90. The summed E-state index contributed by atoms with van der Waals surface area (Å²) in [5.41, 5.74) is 8.19. The molecule has 92 valence electrons. The highest BCUT2D eigenvalue weighted by atomic mass is 16.4. The number of carboxylic acids is 1. The van der Waals surface area contributed by atoms with E-state index in [1.54, 1.807) is 36.5 Å². The SMILES string of the molecule is Cc1ccc(C(=O)O)cc1Nc1ccc(N)nc1. The smallest absolute Gasteiger partial charge is 0.335 e. The highest BCUT2D eigenvalue weighted by Gasteiger charge is 2.06. The van der Waals surface area contributed by atoms with E-state index < -0.39 is 5.97 Å². The van der Waals surface area contributed by atoms with Gasteiger partial charge in [-0.1, -0.05) is 6.07 Å². The van der Waals surface area contributed by atoms with Crippen LogP contribution < -0.4 is 11.1 Å². The molecule has 0 saturated carbocycles. The van der Waals surface area contributed by atoms with Crippen LogP contribution in [0.4, 0.5) is 17.2 Å². The Morgan fingerprint density at radius 3 is 2.72 bits per heavy atom. The van der Waals surface area contributed by atoms with Crippen LogP contribution in [0, 0.1) is 6.92 Å². The topological polar surface area (TPSA) is 88.2 Å². The lowest BCUT2D eigenvalue weighted by atomic mass is 10.1. The van der Waals surface area contributed by atoms with Crippen molar-refractivity contribution in [2.24, 2.45) is 0 Å². The van der Waals surface area contributed by atoms with Gasteiger partial charge in [-0.2, -0.15) is 0 Å². The van der Waals surface area contributed by atoms with Gasteiger partial charge < -0.3 is 16.2 Å². The van der Waals surface area contributed by atoms with E-state index in [9.17, 15) is 4.79 Å². The summed E-state index contributed by atoms with van der Waals surface area (Å²) in [6.07, 6.45) is 1.60. The Kier molecular flexibility index (Phi) is 3.14. The van der Waals surface area contributed by atoms with E-state index in [2.05, 4.69) is 10.3 Å². The van der Waals surface area contributed by atoms with Gasteiger partial charge in [0.1, 0.15) is 5.82 Å². The van der Waals surface area contributed by atoms with Crippen molar-refractivity contribution in [1.29, 1.82) is 0 Å². The number of benzene rings is 1. The van der Waals surface area contributed by atoms with Crippen molar-refractivity contribution in [2.75, 3.05) is 11.1 Å². The summed E-state index contributed by atoms with van der Waals surface area (Å²) in [4.78, 5) is 14.9. The summed E-state index contributed by atoms with van der Waals surface area (Å²) in [5, 5.41) is 12.1. The molecule has 0 aliphatic heterocycles. The van der Waals surface area contributed by atoms with E-state index in [1.807, 2.05) is 6.92 Å². The molecule has 0 atom stereocenters. The highest BCUT2D eigenvalue weighted by molar-refractivity contribution is 5.89. The molecule has 1 aromatic heterocycles. The van der Waals surface area contributed by atoms with Gasteiger partial charge in [0.2, 0.25) is 0 Å². The number of nitrogens with two attached hydrogens (primary N) is 1. The van der Waals surface area contributed by atoms with Gasteiger partial charge in [-0.3, -0.25) is 0 Å². The molecule has 18 heavy (non-hydrogen) atoms. The molecule has 0 aliphatic rings. The molecule has 0 saturated heterocycles. The third-order valence-electron chi connectivity index (χ3n) is 2.55. The van der Waals surface area contributed by atoms with Gasteiger partial charge in [-0.15, -0.1) is 0 Å². The lowest BCUT2D eigenvalue weighted by Gasteiger charge is -2.10. The zero-order valence-corrected chi connectivity index (χ0v) is 9.84. The number of pyridine rings is 1. The molecule has 4 N–H and O–H groups in total. The fourth-order valence-corrected chi connectivity index (χ4v) is 1.52. The summed E-state index contributed by atoms with van der Waals surface area (Å²) < 4.78 is 0. The maximum Gasteiger partial charge on any atom is 0.335 e. The number of hydrogen-bond acceptors (Lipinski definition) is 4. The first-order chi connectivity index (χ1) is 8.56. The number of carboxylic acid groups (broad SMARTS) is 1. The molecule has 5 heteroatoms. The molecule has 2 rings (SSSR count). The fourth-order valence-electron chi connectivity index (χ4n) is 1.52. The zero-order chi connectivity index (χ0) is 13.1. The van der Waals surface area contributed by atoms with Crippen molar-refractivity contribution in [1.82, 2.24) is 4.98 Å². The molecule has 0 aliphatic carbocycles. The van der Waals surface area contributed by atoms with Crippen molar-refractivity contribution < 1.29 is 9.90 Å². The molecule has 0 radical (unpaired) electrons. The van der Waals surface area contributed by atoms with Crippen molar-refractivity contribution in [2.45, 2.75) is 6.92 Å². The first-order valence-corrected chi connectivity index (χ1v) is 5.39. The highest BCUT2D eigenvalue weighted by Crippen LogP contribution is 2.21. The molecule has 0 spiro atoms. The molecule has 2 aromatic rings. The Balaban J connectivity index is 2.30. The summed E-state index contributed by atoms with van der Waals surface area (Å²) in [7, 11) is 0. The quantitative estimate of drug-likeness (QED) is 0.770. The van der Waals surface area contributed by atoms with Crippen molar-refractivity contribution in [3.05, 3.63) is 47.7 Å². The maximum absolute atomic E-state index is 10.9. The molecule has 0 unspecified atom stereocenters. The van der Waals surface area contributed by atoms with E-state index in [0.29, 0.717) is 5.82 Å². The lowest BCUT2D eigenvalue weighted by molar-refractivity contribution is 0.0697. The lowest BCUT2D eigenvalue weighted by Crippen LogP contribution is -2.00. The normalized spacial score (nSPS) is 10.1. The minimum atomic E-state index is -0.950. The van der Waals surface area contributed by atoms with Gasteiger partial charge >= 0.3 is 5.97 Å². The predicted octanol–water partition coefficient (Wildman–Crippen LogP) is 2.41. The number of aromatic nitrogens is 1. The monoisotopic (exact) mass is 243 g/mol. The van der Waals surface area contributed by atoms with Crippen LogP contribution in [0.3, 0.4) is 0 Å². The first-order valence-electron chi connectivity index (χ1n) is 5.39. The van der Waals surface area contributed by atoms with E-state index >= 15 is 0 Å². The number of carbonyl (C=O) groups is 1. The van der Waals surface area contributed by atoms with Crippen LogP contribution in [0.1, 0.15) is 15.9 Å². The number of anilines is 3. The molecular weight excluding hydrogens is 230 g/mol. The Labute approximate surface area is 104 Å². The molecule has 1 aromatic carbocycles. The third-order valence-corrected chi connectivity index (χ3v) is 2.55. The van der Waals surface area contributed by atoms with Crippen LogP contribution in [0.5, 0.6) is 0 Å². The molecular formula is C13H13N3O2. The Morgan fingerprint density at radius 2 is 2.11 bits per heavy atom. The van der Waals surface area contributed by atoms with E-state index in [1.165, 1.54) is 0 Å². The van der Waals surface area contributed by atoms with E-state index in [0.717, 1.165) is 16.9 Å². The summed E-state index contributed by atoms with van der Waals surface area (Å²) >= 11 is 0. The average Bonchev–Trinajstić information content (AvgIpc) is 2.34. The van der Waals surface area contributed by atoms with Gasteiger partial charge in [-0.05, 0) is 36.8 Å². The second-order valence-electron chi connectivity index (χ2n) is 3.93. The van der Waals surface area contributed by atoms with Crippen molar-refractivity contribution in [3.8, 4) is 0 Å². The minimum absolute atomic E-state index is 0.242. The minimum Gasteiger partial charge on any atom is -0.478 e. The number of rotatable bonds is 3. The molecule has 0 fully saturated rings. The van der Waals surface area contributed by atoms with E-state index in [4.69, 9.17) is 10.8 Å². The van der Waals surface area contributed by atoms with Gasteiger partial charge in [0.25, 0.3) is 0 Å². The number of aryl methyl sites for hydroxylation is 1. The Bertz CT molecular complexity index is 579. The third kappa shape index (κ3) is 2.57. The van der Waals surface area contributed by atoms with Crippen LogP contribution in [0.25, 0.3) is 0 Å². The zero-order valence-electron chi connectivity index (χ0n) is 9.84. The largest absolute Gasteiger partial charge is 0.478 e. The maximum atomic E-state index is 10.9. The van der Waals surface area contributed by atoms with Gasteiger partial charge in [0.15, 0.2) is 0 Å². The fraction of sp³-hybridized carbons (Fsp3) is 0.0769. The van der Waals surface area contributed by atoms with E-state index in [-0.39, 0.29) is 5.56 Å². The molecule has 1 heterocycles. The predicted molar refractivity (Wildman–Crippen MR) is 70.1 cm³/mol. The first kappa shape index (κ1) is 11.9. The molecule has 0 amide bonds. The van der Waals surface area contributed by atoms with Crippen molar-refractivity contribution >= 4 is 23.2 Å². The van der Waals surface area contributed by atoms with Gasteiger partial charge in [-0.25, -0.2) is 9.78 Å². The van der Waals surface area contributed by atoms with Gasteiger partial charge in [0, 0.05) is 5.69 Å². The van der Waals surface area contributed by atoms with Crippen LogP contribution >= 0.6 is 0 Å². The van der Waals surface area contributed by atoms with Crippen LogP contribution in [-0.2, 0) is 0 Å². The summed E-state index contributed by atoms with van der Waals surface area (Å²) in [6, 6.07) is 8.39. The summed E-state index contributed by atoms with van der Waals surface area (Å²) in [5.74, 6) is -0.509. The van der Waals surface area contributed by atoms with Crippen molar-refractivity contribution in [3.63, 3.8) is 0 Å². The number of aromatic carboxylic acids is 1. The number of hydrogen-bond donors (Lipinski definition) is 3. The van der Waals surface area contributed by atoms with Crippen LogP contribution in [0.2, 0.25) is 0 Å². The number of nitrogens with zero attached hydrogens (tertiary/aromatic N) is 1. The second kappa shape index (κ2) is 4.75. The standard InChI is InChI=1S/C13H13N3O2/c1-8-2-3-9(13(17)18)6-11(8)16-10-4-5-12(14)15-7-10/h2-7,16H,1H3,(H2,14,15)(H,17,18). The Hall–Kier alpha value is -2.56. The number of nitrogens with one attached hydrogen (secondary N) is 1. The molecule has 0 bridgehead atoms. The van der Waals surface area contributed by atoms with Gasteiger partial charge in [0.05, 0.1) is 17.4 Å². The second-order valence-corrected chi connectivity index (χ2v) is 3.93. The number of nitrogen functional groups attached to an aromatic ring is 1. The Morgan fingerprint density at radius 1 is 1.33 bits per heavy atom. The van der Waals surface area contributed by atoms with Crippen LogP contribution in [-0.4, -0.2) is 16.1 Å². The average molecular weight is 243 g/mol.